The average Bonchev–Trinajstić information content (AvgIpc) is 3.25. The Morgan fingerprint density at radius 2 is 1.82 bits per heavy atom. The summed E-state index contributed by atoms with van der Waals surface area (Å²) in [6, 6.07) is 5.38. The Morgan fingerprint density at radius 1 is 1.09 bits per heavy atom. The number of benzene rings is 1. The average molecular weight is 478 g/mol. The van der Waals surface area contributed by atoms with Crippen molar-refractivity contribution in [2.24, 2.45) is 5.92 Å². The van der Waals surface area contributed by atoms with Crippen LogP contribution < -0.4 is 4.72 Å². The predicted octanol–water partition coefficient (Wildman–Crippen LogP) is 3.83. The van der Waals surface area contributed by atoms with Gasteiger partial charge in [-0.3, -0.25) is 0 Å². The zero-order valence-corrected chi connectivity index (χ0v) is 20.7. The molecule has 1 N–H and O–H groups in total. The van der Waals surface area contributed by atoms with Crippen LogP contribution in [0.2, 0.25) is 0 Å². The summed E-state index contributed by atoms with van der Waals surface area (Å²) in [4.78, 5) is 22.9. The lowest BCUT2D eigenvalue weighted by molar-refractivity contribution is 0.354. The maximum atomic E-state index is 12.8. The number of imidazole rings is 1. The summed E-state index contributed by atoms with van der Waals surface area (Å²) in [6.45, 7) is 10.6. The summed E-state index contributed by atoms with van der Waals surface area (Å²) in [5, 5.41) is 0. The van der Waals surface area contributed by atoms with E-state index in [1.54, 1.807) is 24.5 Å². The lowest BCUT2D eigenvalue weighted by atomic mass is 9.84. The van der Waals surface area contributed by atoms with Gasteiger partial charge >= 0.3 is 0 Å². The molecule has 1 aromatic carbocycles. The van der Waals surface area contributed by atoms with Crippen LogP contribution in [0.5, 0.6) is 0 Å². The molecule has 0 spiro atoms. The van der Waals surface area contributed by atoms with E-state index in [2.05, 4.69) is 38.5 Å². The van der Waals surface area contributed by atoms with Gasteiger partial charge < -0.3 is 4.57 Å². The van der Waals surface area contributed by atoms with Gasteiger partial charge in [-0.15, -0.1) is 0 Å². The van der Waals surface area contributed by atoms with Crippen LogP contribution in [0.1, 0.15) is 45.5 Å². The Labute approximate surface area is 198 Å². The van der Waals surface area contributed by atoms with E-state index in [1.165, 1.54) is 6.33 Å². The zero-order chi connectivity index (χ0) is 24.3. The van der Waals surface area contributed by atoms with Crippen molar-refractivity contribution in [3.05, 3.63) is 48.3 Å². The van der Waals surface area contributed by atoms with Gasteiger partial charge in [-0.1, -0.05) is 19.9 Å². The maximum absolute atomic E-state index is 12.8. The third-order valence-corrected chi connectivity index (χ3v) is 7.85. The molecule has 176 valence electrons. The summed E-state index contributed by atoms with van der Waals surface area (Å²) in [5.41, 5.74) is 3.69. The minimum atomic E-state index is -3.56. The Balaban J connectivity index is 1.71. The Kier molecular flexibility index (Phi) is 5.25. The van der Waals surface area contributed by atoms with E-state index in [4.69, 9.17) is 4.98 Å². The van der Waals surface area contributed by atoms with E-state index >= 15 is 0 Å². The van der Waals surface area contributed by atoms with Crippen molar-refractivity contribution in [3.8, 4) is 22.6 Å². The van der Waals surface area contributed by atoms with Crippen LogP contribution in [-0.4, -0.2) is 37.9 Å². The molecule has 4 heterocycles. The molecule has 0 unspecified atom stereocenters. The van der Waals surface area contributed by atoms with E-state index < -0.39 is 15.6 Å². The van der Waals surface area contributed by atoms with Crippen molar-refractivity contribution in [1.29, 1.82) is 0 Å². The lowest BCUT2D eigenvalue weighted by Gasteiger charge is -2.26. The van der Waals surface area contributed by atoms with Gasteiger partial charge in [0.15, 0.2) is 5.65 Å². The second-order valence-electron chi connectivity index (χ2n) is 9.34. The van der Waals surface area contributed by atoms with Crippen LogP contribution in [0.4, 0.5) is 0 Å². The largest absolute Gasteiger partial charge is 0.309 e. The fourth-order valence-corrected chi connectivity index (χ4v) is 6.61. The number of hydrogen-bond donors (Lipinski definition) is 1. The molecule has 0 radical (unpaired) electrons. The topological polar surface area (TPSA) is 116 Å². The Morgan fingerprint density at radius 3 is 2.50 bits per heavy atom. The number of aryl methyl sites for hydroxylation is 2. The molecule has 34 heavy (non-hydrogen) atoms. The van der Waals surface area contributed by atoms with Crippen molar-refractivity contribution in [3.63, 3.8) is 0 Å². The van der Waals surface area contributed by atoms with Crippen LogP contribution >= 0.6 is 0 Å². The number of hydrogen-bond acceptors (Lipinski definition) is 7. The van der Waals surface area contributed by atoms with Crippen LogP contribution in [0.25, 0.3) is 33.8 Å². The summed E-state index contributed by atoms with van der Waals surface area (Å²) in [5.74, 6) is 1.72. The smallest absolute Gasteiger partial charge is 0.241 e. The van der Waals surface area contributed by atoms with Gasteiger partial charge in [0, 0.05) is 24.5 Å². The Bertz CT molecular complexity index is 1510. The number of aromatic nitrogens is 6. The van der Waals surface area contributed by atoms with Crippen molar-refractivity contribution in [2.75, 3.05) is 0 Å². The van der Waals surface area contributed by atoms with Crippen LogP contribution in [0.3, 0.4) is 0 Å². The molecule has 5 rings (SSSR count). The van der Waals surface area contributed by atoms with E-state index in [0.717, 1.165) is 16.7 Å². The number of nitrogens with zero attached hydrogens (tertiary/aromatic N) is 6. The van der Waals surface area contributed by atoms with E-state index in [9.17, 15) is 8.42 Å². The zero-order valence-electron chi connectivity index (χ0n) is 19.9. The number of fused-ring (bicyclic) bond motifs is 2. The molecule has 1 aliphatic rings. The molecule has 3 aromatic heterocycles. The van der Waals surface area contributed by atoms with Crippen molar-refractivity contribution >= 4 is 21.2 Å². The van der Waals surface area contributed by atoms with Gasteiger partial charge in [0.1, 0.15) is 29.2 Å². The normalized spacial score (nSPS) is 19.1. The van der Waals surface area contributed by atoms with Gasteiger partial charge in [-0.05, 0) is 50.8 Å². The Hall–Kier alpha value is -3.24. The fourth-order valence-electron chi connectivity index (χ4n) is 4.89. The standard InChI is InChI=1S/C24H27N7O2S/c1-6-31-22(17-11-25-15(4)26-12-17)29-21-20(27-13-28-23(21)31)16-7-8-19-18(9-16)24(5,10-14(2)3)30-34(19,32)33/h7-9,11-14,30H,6,10H2,1-5H3/t24-/m1/s1. The molecule has 1 aliphatic heterocycles. The SMILES string of the molecule is CCn1c(-c2cnc(C)nc2)nc2c(-c3ccc4c(c3)[C@@](C)(CC(C)C)NS4(=O)=O)ncnc21. The molecular formula is C24H27N7O2S. The molecule has 0 fully saturated rings. The number of rotatable bonds is 5. The summed E-state index contributed by atoms with van der Waals surface area (Å²) < 4.78 is 30.5. The first-order chi connectivity index (χ1) is 16.1. The minimum absolute atomic E-state index is 0.313. The second-order valence-corrected chi connectivity index (χ2v) is 11.0. The summed E-state index contributed by atoms with van der Waals surface area (Å²) in [6.07, 6.45) is 5.72. The third kappa shape index (κ3) is 3.57. The molecule has 0 aliphatic carbocycles. The highest BCUT2D eigenvalue weighted by molar-refractivity contribution is 7.89. The molecule has 9 nitrogen and oxygen atoms in total. The van der Waals surface area contributed by atoms with Gasteiger partial charge in [-0.25, -0.2) is 38.1 Å². The van der Waals surface area contributed by atoms with Crippen LogP contribution in [-0.2, 0) is 22.1 Å². The third-order valence-electron chi connectivity index (χ3n) is 6.20. The molecule has 0 bridgehead atoms. The van der Waals surface area contributed by atoms with Crippen molar-refractivity contribution in [2.45, 2.75) is 58.0 Å². The van der Waals surface area contributed by atoms with Crippen molar-refractivity contribution < 1.29 is 8.42 Å². The van der Waals surface area contributed by atoms with Crippen LogP contribution in [0.15, 0.2) is 41.8 Å². The predicted molar refractivity (Wildman–Crippen MR) is 129 cm³/mol. The first-order valence-corrected chi connectivity index (χ1v) is 12.8. The quantitative estimate of drug-likeness (QED) is 0.464. The molecule has 10 heteroatoms. The van der Waals surface area contributed by atoms with Gasteiger partial charge in [0.25, 0.3) is 0 Å². The second kappa shape index (κ2) is 7.92. The highest BCUT2D eigenvalue weighted by Gasteiger charge is 2.43. The number of sulfonamides is 1. The number of nitrogens with one attached hydrogen (secondary N) is 1. The monoisotopic (exact) mass is 477 g/mol. The first kappa shape index (κ1) is 22.5. The van der Waals surface area contributed by atoms with Crippen LogP contribution in [0, 0.1) is 12.8 Å². The summed E-state index contributed by atoms with van der Waals surface area (Å²) >= 11 is 0. The molecule has 1 atom stereocenters. The maximum Gasteiger partial charge on any atom is 0.241 e. The molecule has 4 aromatic rings. The molecule has 0 amide bonds. The van der Waals surface area contributed by atoms with Gasteiger partial charge in [0.2, 0.25) is 10.0 Å². The molecule has 0 saturated carbocycles. The first-order valence-electron chi connectivity index (χ1n) is 11.3. The minimum Gasteiger partial charge on any atom is -0.309 e. The highest BCUT2D eigenvalue weighted by atomic mass is 32.2. The molecule has 0 saturated heterocycles. The lowest BCUT2D eigenvalue weighted by Crippen LogP contribution is -2.37. The fraction of sp³-hybridized carbons (Fsp3) is 0.375. The van der Waals surface area contributed by atoms with E-state index in [1.807, 2.05) is 31.4 Å². The van der Waals surface area contributed by atoms with Gasteiger partial charge in [-0.2, -0.15) is 0 Å². The summed E-state index contributed by atoms with van der Waals surface area (Å²) in [7, 11) is -3.56. The van der Waals surface area contributed by atoms with Crippen molar-refractivity contribution in [1.82, 2.24) is 34.2 Å². The van der Waals surface area contributed by atoms with Gasteiger partial charge in [0.05, 0.1) is 16.0 Å². The van der Waals surface area contributed by atoms with E-state index in [-0.39, 0.29) is 0 Å². The molecular weight excluding hydrogens is 450 g/mol. The van der Waals surface area contributed by atoms with E-state index in [0.29, 0.717) is 52.3 Å². The highest BCUT2D eigenvalue weighted by Crippen LogP contribution is 2.42.